The molecule has 5 heteroatoms. The van der Waals surface area contributed by atoms with Crippen molar-refractivity contribution in [3.8, 4) is 0 Å². The van der Waals surface area contributed by atoms with Gasteiger partial charge in [0, 0.05) is 24.0 Å². The second-order valence-electron chi connectivity index (χ2n) is 3.37. The second kappa shape index (κ2) is 5.63. The number of carbonyl (C=O) groups is 1. The van der Waals surface area contributed by atoms with Crippen molar-refractivity contribution in [2.75, 3.05) is 13.6 Å². The predicted octanol–water partition coefficient (Wildman–Crippen LogP) is 1.61. The number of hydrogen-bond acceptors (Lipinski definition) is 4. The fourth-order valence-corrected chi connectivity index (χ4v) is 1.59. The van der Waals surface area contributed by atoms with Crippen LogP contribution >= 0.6 is 11.3 Å². The molecular formula is C10H14N2O2S. The molecule has 1 heterocycles. The second-order valence-corrected chi connectivity index (χ2v) is 4.09. The summed E-state index contributed by atoms with van der Waals surface area (Å²) in [6.07, 6.45) is 1.70. The maximum Gasteiger partial charge on any atom is 0.330 e. The van der Waals surface area contributed by atoms with Gasteiger partial charge in [-0.05, 0) is 14.0 Å². The smallest absolute Gasteiger partial charge is 0.330 e. The van der Waals surface area contributed by atoms with Crippen LogP contribution in [0.2, 0.25) is 0 Å². The van der Waals surface area contributed by atoms with Gasteiger partial charge in [0.2, 0.25) is 0 Å². The van der Waals surface area contributed by atoms with Gasteiger partial charge < -0.3 is 5.11 Å². The van der Waals surface area contributed by atoms with E-state index in [4.69, 9.17) is 5.11 Å². The van der Waals surface area contributed by atoms with Crippen LogP contribution in [-0.2, 0) is 11.3 Å². The Balaban J connectivity index is 2.40. The average Bonchev–Trinajstić information content (AvgIpc) is 2.66. The van der Waals surface area contributed by atoms with Crippen molar-refractivity contribution in [3.63, 3.8) is 0 Å². The quantitative estimate of drug-likeness (QED) is 0.775. The standard InChI is InChI=1S/C10H14N2O2S/c1-8(10(13)14)3-4-12(2)5-9-6-15-7-11-9/h3,6-7H,4-5H2,1-2H3,(H,13,14). The van der Waals surface area contributed by atoms with Crippen molar-refractivity contribution >= 4 is 17.3 Å². The van der Waals surface area contributed by atoms with E-state index >= 15 is 0 Å². The number of aliphatic carboxylic acids is 1. The van der Waals surface area contributed by atoms with Gasteiger partial charge in [-0.15, -0.1) is 11.3 Å². The highest BCUT2D eigenvalue weighted by atomic mass is 32.1. The van der Waals surface area contributed by atoms with Crippen LogP contribution in [0.25, 0.3) is 0 Å². The molecule has 0 aliphatic heterocycles. The van der Waals surface area contributed by atoms with Gasteiger partial charge in [-0.2, -0.15) is 0 Å². The van der Waals surface area contributed by atoms with E-state index in [1.54, 1.807) is 29.8 Å². The van der Waals surface area contributed by atoms with E-state index in [1.165, 1.54) is 0 Å². The molecule has 4 nitrogen and oxygen atoms in total. The van der Waals surface area contributed by atoms with Crippen LogP contribution in [0.1, 0.15) is 12.6 Å². The topological polar surface area (TPSA) is 53.4 Å². The first-order valence-electron chi connectivity index (χ1n) is 4.55. The maximum absolute atomic E-state index is 10.5. The number of hydrogen-bond donors (Lipinski definition) is 1. The number of likely N-dealkylation sites (N-methyl/N-ethyl adjacent to an activating group) is 1. The Bertz CT molecular complexity index is 346. The number of carboxylic acid groups (broad SMARTS) is 1. The molecule has 0 aliphatic rings. The largest absolute Gasteiger partial charge is 0.478 e. The van der Waals surface area contributed by atoms with Crippen molar-refractivity contribution in [3.05, 3.63) is 28.2 Å². The fourth-order valence-electron chi connectivity index (χ4n) is 1.04. The average molecular weight is 226 g/mol. The lowest BCUT2D eigenvalue weighted by molar-refractivity contribution is -0.132. The molecule has 0 spiro atoms. The Morgan fingerprint density at radius 3 is 3.00 bits per heavy atom. The minimum absolute atomic E-state index is 0.375. The molecule has 0 aromatic carbocycles. The van der Waals surface area contributed by atoms with Crippen molar-refractivity contribution in [2.24, 2.45) is 0 Å². The number of rotatable bonds is 5. The molecule has 1 N–H and O–H groups in total. The van der Waals surface area contributed by atoms with Crippen LogP contribution in [0.4, 0.5) is 0 Å². The first kappa shape index (κ1) is 11.9. The summed E-state index contributed by atoms with van der Waals surface area (Å²) in [4.78, 5) is 16.7. The minimum atomic E-state index is -0.864. The Labute approximate surface area is 92.9 Å². The van der Waals surface area contributed by atoms with E-state index in [-0.39, 0.29) is 0 Å². The molecule has 0 saturated heterocycles. The first-order valence-corrected chi connectivity index (χ1v) is 5.49. The number of nitrogens with zero attached hydrogens (tertiary/aromatic N) is 2. The molecule has 0 unspecified atom stereocenters. The SMILES string of the molecule is CC(=CCN(C)Cc1cscn1)C(=O)O. The lowest BCUT2D eigenvalue weighted by Crippen LogP contribution is -2.18. The van der Waals surface area contributed by atoms with Gasteiger partial charge in [0.25, 0.3) is 0 Å². The van der Waals surface area contributed by atoms with Gasteiger partial charge in [0.1, 0.15) is 0 Å². The van der Waals surface area contributed by atoms with E-state index in [0.717, 1.165) is 12.2 Å². The molecular weight excluding hydrogens is 212 g/mol. The van der Waals surface area contributed by atoms with Crippen molar-refractivity contribution in [1.29, 1.82) is 0 Å². The van der Waals surface area contributed by atoms with E-state index in [2.05, 4.69) is 4.98 Å². The molecule has 15 heavy (non-hydrogen) atoms. The molecule has 0 amide bonds. The number of aromatic nitrogens is 1. The highest BCUT2D eigenvalue weighted by Gasteiger charge is 2.02. The summed E-state index contributed by atoms with van der Waals surface area (Å²) < 4.78 is 0. The van der Waals surface area contributed by atoms with E-state index in [0.29, 0.717) is 12.1 Å². The van der Waals surface area contributed by atoms with Crippen LogP contribution in [-0.4, -0.2) is 34.6 Å². The Kier molecular flexibility index (Phi) is 4.45. The third-order valence-corrected chi connectivity index (χ3v) is 2.60. The maximum atomic E-state index is 10.5. The first-order chi connectivity index (χ1) is 7.09. The zero-order valence-corrected chi connectivity index (χ0v) is 9.62. The van der Waals surface area contributed by atoms with Gasteiger partial charge in [-0.3, -0.25) is 4.90 Å². The summed E-state index contributed by atoms with van der Waals surface area (Å²) in [5.41, 5.74) is 3.19. The highest BCUT2D eigenvalue weighted by Crippen LogP contribution is 2.04. The van der Waals surface area contributed by atoms with Crippen LogP contribution in [0.3, 0.4) is 0 Å². The molecule has 0 fully saturated rings. The van der Waals surface area contributed by atoms with Crippen molar-refractivity contribution in [1.82, 2.24) is 9.88 Å². The van der Waals surface area contributed by atoms with Crippen molar-refractivity contribution < 1.29 is 9.90 Å². The monoisotopic (exact) mass is 226 g/mol. The Morgan fingerprint density at radius 2 is 2.47 bits per heavy atom. The van der Waals surface area contributed by atoms with Crippen LogP contribution < -0.4 is 0 Å². The molecule has 1 aromatic heterocycles. The van der Waals surface area contributed by atoms with Crippen LogP contribution in [0.15, 0.2) is 22.5 Å². The summed E-state index contributed by atoms with van der Waals surface area (Å²) in [5.74, 6) is -0.864. The number of carboxylic acids is 1. The molecule has 0 radical (unpaired) electrons. The molecule has 0 aliphatic carbocycles. The van der Waals surface area contributed by atoms with E-state index < -0.39 is 5.97 Å². The molecule has 82 valence electrons. The summed E-state index contributed by atoms with van der Waals surface area (Å²) in [7, 11) is 1.94. The molecule has 0 bridgehead atoms. The zero-order chi connectivity index (χ0) is 11.3. The third-order valence-electron chi connectivity index (χ3n) is 1.96. The van der Waals surface area contributed by atoms with Gasteiger partial charge in [0.05, 0.1) is 11.2 Å². The van der Waals surface area contributed by atoms with E-state index in [1.807, 2.05) is 17.3 Å². The van der Waals surface area contributed by atoms with Crippen molar-refractivity contribution in [2.45, 2.75) is 13.5 Å². The normalized spacial score (nSPS) is 12.1. The summed E-state index contributed by atoms with van der Waals surface area (Å²) in [5, 5.41) is 10.6. The van der Waals surface area contributed by atoms with Crippen LogP contribution in [0, 0.1) is 0 Å². The third kappa shape index (κ3) is 4.22. The molecule has 0 atom stereocenters. The lowest BCUT2D eigenvalue weighted by Gasteiger charge is -2.12. The molecule has 1 aromatic rings. The highest BCUT2D eigenvalue weighted by molar-refractivity contribution is 7.07. The van der Waals surface area contributed by atoms with Gasteiger partial charge in [0.15, 0.2) is 0 Å². The Hall–Kier alpha value is -1.20. The van der Waals surface area contributed by atoms with Crippen LogP contribution in [0.5, 0.6) is 0 Å². The molecule has 0 saturated carbocycles. The summed E-state index contributed by atoms with van der Waals surface area (Å²) in [6, 6.07) is 0. The Morgan fingerprint density at radius 1 is 1.73 bits per heavy atom. The van der Waals surface area contributed by atoms with E-state index in [9.17, 15) is 4.79 Å². The predicted molar refractivity (Wildman–Crippen MR) is 59.8 cm³/mol. The zero-order valence-electron chi connectivity index (χ0n) is 8.80. The number of thiazole rings is 1. The lowest BCUT2D eigenvalue weighted by atomic mass is 10.3. The van der Waals surface area contributed by atoms with Gasteiger partial charge in [-0.1, -0.05) is 6.08 Å². The van der Waals surface area contributed by atoms with Gasteiger partial charge in [-0.25, -0.2) is 9.78 Å². The fraction of sp³-hybridized carbons (Fsp3) is 0.400. The summed E-state index contributed by atoms with van der Waals surface area (Å²) in [6.45, 7) is 2.96. The minimum Gasteiger partial charge on any atom is -0.478 e. The molecule has 1 rings (SSSR count). The summed E-state index contributed by atoms with van der Waals surface area (Å²) >= 11 is 1.56. The van der Waals surface area contributed by atoms with Gasteiger partial charge >= 0.3 is 5.97 Å².